The summed E-state index contributed by atoms with van der Waals surface area (Å²) in [7, 11) is 0. The second-order valence-corrected chi connectivity index (χ2v) is 8.03. The van der Waals surface area contributed by atoms with Gasteiger partial charge in [-0.2, -0.15) is 13.2 Å². The molecule has 0 radical (unpaired) electrons. The van der Waals surface area contributed by atoms with Crippen LogP contribution in [0.3, 0.4) is 0 Å². The van der Waals surface area contributed by atoms with Crippen molar-refractivity contribution < 1.29 is 22.7 Å². The maximum Gasteiger partial charge on any atom is 0.416 e. The minimum atomic E-state index is -4.44. The number of nitrogens with one attached hydrogen (secondary N) is 1. The summed E-state index contributed by atoms with van der Waals surface area (Å²) in [5.41, 5.74) is 4.07. The van der Waals surface area contributed by atoms with Gasteiger partial charge >= 0.3 is 6.18 Å². The van der Waals surface area contributed by atoms with Crippen molar-refractivity contribution in [3.63, 3.8) is 0 Å². The lowest BCUT2D eigenvalue weighted by Crippen LogP contribution is -2.32. The third kappa shape index (κ3) is 4.16. The van der Waals surface area contributed by atoms with Crippen molar-refractivity contribution in [3.05, 3.63) is 83.2 Å². The molecule has 1 N–H and O–H groups in total. The van der Waals surface area contributed by atoms with E-state index < -0.39 is 11.7 Å². The number of H-pyrrole nitrogens is 1. The summed E-state index contributed by atoms with van der Waals surface area (Å²) in [6.07, 6.45) is -4.44. The summed E-state index contributed by atoms with van der Waals surface area (Å²) < 4.78 is 44.4. The van der Waals surface area contributed by atoms with E-state index in [0.29, 0.717) is 25.4 Å². The Balaban J connectivity index is 1.42. The number of halogens is 3. The van der Waals surface area contributed by atoms with E-state index >= 15 is 0 Å². The van der Waals surface area contributed by atoms with E-state index in [2.05, 4.69) is 9.97 Å². The van der Waals surface area contributed by atoms with Crippen LogP contribution in [0.4, 0.5) is 13.2 Å². The number of imidazole rings is 1. The fraction of sp³-hybridized carbons (Fsp3) is 0.200. The Morgan fingerprint density at radius 1 is 1.03 bits per heavy atom. The van der Waals surface area contributed by atoms with Gasteiger partial charge in [0.25, 0.3) is 5.91 Å². The molecule has 8 heteroatoms. The molecule has 1 aliphatic heterocycles. The van der Waals surface area contributed by atoms with Gasteiger partial charge in [-0.3, -0.25) is 4.79 Å². The monoisotopic (exact) mass is 451 g/mol. The molecule has 0 bridgehead atoms. The highest BCUT2D eigenvalue weighted by atomic mass is 19.4. The van der Waals surface area contributed by atoms with Gasteiger partial charge in [0.15, 0.2) is 0 Å². The summed E-state index contributed by atoms with van der Waals surface area (Å²) in [6.45, 7) is 2.84. The number of hydrogen-bond acceptors (Lipinski definition) is 3. The molecule has 1 aromatic heterocycles. The van der Waals surface area contributed by atoms with Gasteiger partial charge in [-0.1, -0.05) is 12.1 Å². The molecule has 0 spiro atoms. The molecule has 0 unspecified atom stereocenters. The largest absolute Gasteiger partial charge is 0.491 e. The third-order valence-electron chi connectivity index (χ3n) is 5.72. The first-order valence-electron chi connectivity index (χ1n) is 10.5. The molecular formula is C25H20F3N3O2. The lowest BCUT2D eigenvalue weighted by Gasteiger charge is -2.20. The van der Waals surface area contributed by atoms with Crippen molar-refractivity contribution in [2.45, 2.75) is 19.6 Å². The van der Waals surface area contributed by atoms with E-state index in [4.69, 9.17) is 4.74 Å². The molecule has 0 saturated heterocycles. The van der Waals surface area contributed by atoms with Crippen molar-refractivity contribution in [3.8, 4) is 16.9 Å². The molecule has 4 aromatic rings. The van der Waals surface area contributed by atoms with Crippen LogP contribution in [-0.4, -0.2) is 33.9 Å². The molecule has 5 rings (SSSR count). The van der Waals surface area contributed by atoms with Gasteiger partial charge in [0.1, 0.15) is 18.2 Å². The summed E-state index contributed by atoms with van der Waals surface area (Å²) in [5.74, 6) is 1.20. The molecule has 3 aromatic carbocycles. The van der Waals surface area contributed by atoms with E-state index in [-0.39, 0.29) is 11.5 Å². The number of benzene rings is 3. The van der Waals surface area contributed by atoms with Crippen molar-refractivity contribution in [2.75, 3.05) is 13.2 Å². The number of nitrogens with zero attached hydrogens (tertiary/aromatic N) is 2. The highest BCUT2D eigenvalue weighted by Gasteiger charge is 2.30. The molecule has 168 valence electrons. The van der Waals surface area contributed by atoms with Crippen LogP contribution in [-0.2, 0) is 12.7 Å². The average Bonchev–Trinajstić information content (AvgIpc) is 3.03. The van der Waals surface area contributed by atoms with Gasteiger partial charge < -0.3 is 14.6 Å². The zero-order valence-electron chi connectivity index (χ0n) is 17.7. The van der Waals surface area contributed by atoms with Crippen LogP contribution in [0.5, 0.6) is 5.75 Å². The minimum Gasteiger partial charge on any atom is -0.491 e. The lowest BCUT2D eigenvalue weighted by atomic mass is 10.0. The smallest absolute Gasteiger partial charge is 0.416 e. The van der Waals surface area contributed by atoms with Gasteiger partial charge in [0.2, 0.25) is 0 Å². The fourth-order valence-corrected chi connectivity index (χ4v) is 4.05. The summed E-state index contributed by atoms with van der Waals surface area (Å²) in [5, 5.41) is 0. The highest BCUT2D eigenvalue weighted by molar-refractivity contribution is 5.94. The number of ether oxygens (including phenoxy) is 1. The molecule has 0 saturated carbocycles. The maximum atomic E-state index is 13.0. The van der Waals surface area contributed by atoms with Gasteiger partial charge in [-0.15, -0.1) is 0 Å². The number of hydrogen-bond donors (Lipinski definition) is 1. The number of aromatic nitrogens is 2. The first-order chi connectivity index (χ1) is 15.8. The standard InChI is InChI=1S/C25H20F3N3O2/c1-15-29-21-8-4-18(13-22(21)30-15)17-5-9-23-19(12-17)14-31(10-11-33-23)24(32)16-2-6-20(7-3-16)25(26,27)28/h2-9,12-13H,10-11,14H2,1H3,(H,29,30). The normalized spacial score (nSPS) is 14.0. The van der Waals surface area contributed by atoms with E-state index in [1.54, 1.807) is 4.90 Å². The van der Waals surface area contributed by atoms with Crippen LogP contribution < -0.4 is 4.74 Å². The molecule has 1 amide bonds. The Kier molecular flexibility index (Phi) is 5.08. The minimum absolute atomic E-state index is 0.211. The first kappa shape index (κ1) is 21.1. The number of carbonyl (C=O) groups excluding carboxylic acids is 1. The molecular weight excluding hydrogens is 431 g/mol. The second-order valence-electron chi connectivity index (χ2n) is 8.03. The number of fused-ring (bicyclic) bond motifs is 2. The number of alkyl halides is 3. The quantitative estimate of drug-likeness (QED) is 0.432. The zero-order valence-corrected chi connectivity index (χ0v) is 17.7. The topological polar surface area (TPSA) is 58.2 Å². The number of amides is 1. The number of carbonyl (C=O) groups is 1. The van der Waals surface area contributed by atoms with Crippen LogP contribution in [0, 0.1) is 6.92 Å². The van der Waals surface area contributed by atoms with Gasteiger partial charge in [-0.05, 0) is 66.6 Å². The highest BCUT2D eigenvalue weighted by Crippen LogP contribution is 2.32. The number of aromatic amines is 1. The Labute approximate surface area is 187 Å². The zero-order chi connectivity index (χ0) is 23.2. The average molecular weight is 451 g/mol. The Morgan fingerprint density at radius 2 is 1.76 bits per heavy atom. The first-order valence-corrected chi connectivity index (χ1v) is 10.5. The van der Waals surface area contributed by atoms with Crippen molar-refractivity contribution >= 4 is 16.9 Å². The second kappa shape index (κ2) is 7.95. The molecule has 33 heavy (non-hydrogen) atoms. The summed E-state index contributed by atoms with van der Waals surface area (Å²) >= 11 is 0. The van der Waals surface area contributed by atoms with Crippen molar-refractivity contribution in [2.24, 2.45) is 0 Å². The molecule has 5 nitrogen and oxygen atoms in total. The Bertz CT molecular complexity index is 1340. The van der Waals surface area contributed by atoms with Crippen molar-refractivity contribution in [1.29, 1.82) is 0 Å². The molecule has 0 atom stereocenters. The van der Waals surface area contributed by atoms with Crippen LogP contribution in [0.15, 0.2) is 60.7 Å². The summed E-state index contributed by atoms with van der Waals surface area (Å²) in [6, 6.07) is 16.1. The molecule has 0 fully saturated rings. The van der Waals surface area contributed by atoms with E-state index in [1.807, 2.05) is 43.3 Å². The predicted octanol–water partition coefficient (Wildman–Crippen LogP) is 5.59. The molecule has 2 heterocycles. The Hall–Kier alpha value is -3.81. The number of rotatable bonds is 2. The van der Waals surface area contributed by atoms with Crippen LogP contribution in [0.25, 0.3) is 22.2 Å². The maximum absolute atomic E-state index is 13.0. The van der Waals surface area contributed by atoms with Crippen LogP contribution >= 0.6 is 0 Å². The Morgan fingerprint density at radius 3 is 2.52 bits per heavy atom. The van der Waals surface area contributed by atoms with E-state index in [0.717, 1.165) is 45.7 Å². The molecule has 1 aliphatic rings. The van der Waals surface area contributed by atoms with Gasteiger partial charge in [-0.25, -0.2) is 4.98 Å². The van der Waals surface area contributed by atoms with Crippen LogP contribution in [0.1, 0.15) is 27.3 Å². The van der Waals surface area contributed by atoms with Gasteiger partial charge in [0, 0.05) is 17.7 Å². The van der Waals surface area contributed by atoms with E-state index in [1.165, 1.54) is 12.1 Å². The fourth-order valence-electron chi connectivity index (χ4n) is 4.05. The lowest BCUT2D eigenvalue weighted by molar-refractivity contribution is -0.137. The van der Waals surface area contributed by atoms with Gasteiger partial charge in [0.05, 0.1) is 23.1 Å². The summed E-state index contributed by atoms with van der Waals surface area (Å²) in [4.78, 5) is 22.3. The van der Waals surface area contributed by atoms with Crippen LogP contribution in [0.2, 0.25) is 0 Å². The number of aryl methyl sites for hydroxylation is 1. The molecule has 0 aliphatic carbocycles. The van der Waals surface area contributed by atoms with E-state index in [9.17, 15) is 18.0 Å². The third-order valence-corrected chi connectivity index (χ3v) is 5.72. The predicted molar refractivity (Wildman–Crippen MR) is 118 cm³/mol. The SMILES string of the molecule is Cc1nc2ccc(-c3ccc4c(c3)CN(C(=O)c3ccc(C(F)(F)F)cc3)CCO4)cc2[nH]1. The van der Waals surface area contributed by atoms with Crippen molar-refractivity contribution in [1.82, 2.24) is 14.9 Å².